The van der Waals surface area contributed by atoms with E-state index >= 15 is 0 Å². The zero-order valence-corrected chi connectivity index (χ0v) is 10.3. The van der Waals surface area contributed by atoms with Gasteiger partial charge in [-0.05, 0) is 5.56 Å². The standard InChI is InChI=1S/C12H14N4O2/c1-16-8-10(14-15-16)6-11(17)5-9-3-4-12(18-2)13-7-9/h3-4,7-8H,5-6H2,1-2H3. The number of ketones is 1. The number of hydrogen-bond acceptors (Lipinski definition) is 5. The van der Waals surface area contributed by atoms with Crippen LogP contribution in [0.1, 0.15) is 11.3 Å². The molecular formula is C12H14N4O2. The van der Waals surface area contributed by atoms with Crippen LogP contribution >= 0.6 is 0 Å². The lowest BCUT2D eigenvalue weighted by molar-refractivity contribution is -0.117. The Labute approximate surface area is 105 Å². The Balaban J connectivity index is 1.94. The average Bonchev–Trinajstić information content (AvgIpc) is 2.75. The quantitative estimate of drug-likeness (QED) is 0.771. The molecule has 0 aromatic carbocycles. The van der Waals surface area contributed by atoms with Gasteiger partial charge in [0.1, 0.15) is 5.78 Å². The molecule has 0 unspecified atom stereocenters. The summed E-state index contributed by atoms with van der Waals surface area (Å²) in [5, 5.41) is 7.67. The van der Waals surface area contributed by atoms with Crippen LogP contribution in [-0.4, -0.2) is 32.9 Å². The Morgan fingerprint density at radius 2 is 2.22 bits per heavy atom. The summed E-state index contributed by atoms with van der Waals surface area (Å²) in [6.07, 6.45) is 4.02. The molecule has 94 valence electrons. The van der Waals surface area contributed by atoms with Crippen LogP contribution in [0.2, 0.25) is 0 Å². The Kier molecular flexibility index (Phi) is 3.66. The second-order valence-corrected chi connectivity index (χ2v) is 3.98. The number of methoxy groups -OCH3 is 1. The molecule has 0 radical (unpaired) electrons. The van der Waals surface area contributed by atoms with Gasteiger partial charge in [0.15, 0.2) is 0 Å². The smallest absolute Gasteiger partial charge is 0.212 e. The summed E-state index contributed by atoms with van der Waals surface area (Å²) in [5.41, 5.74) is 1.55. The third-order valence-corrected chi connectivity index (χ3v) is 2.44. The molecule has 2 heterocycles. The maximum absolute atomic E-state index is 11.8. The van der Waals surface area contributed by atoms with Crippen LogP contribution in [-0.2, 0) is 24.7 Å². The third-order valence-electron chi connectivity index (χ3n) is 2.44. The van der Waals surface area contributed by atoms with E-state index in [2.05, 4.69) is 15.3 Å². The zero-order valence-electron chi connectivity index (χ0n) is 10.3. The number of nitrogens with zero attached hydrogens (tertiary/aromatic N) is 4. The van der Waals surface area contributed by atoms with Crippen molar-refractivity contribution in [2.24, 2.45) is 7.05 Å². The van der Waals surface area contributed by atoms with E-state index in [0.717, 1.165) is 5.56 Å². The lowest BCUT2D eigenvalue weighted by Crippen LogP contribution is -2.07. The van der Waals surface area contributed by atoms with Crippen molar-refractivity contribution in [1.29, 1.82) is 0 Å². The highest BCUT2D eigenvalue weighted by Crippen LogP contribution is 2.08. The largest absolute Gasteiger partial charge is 0.481 e. The second-order valence-electron chi connectivity index (χ2n) is 3.98. The van der Waals surface area contributed by atoms with Gasteiger partial charge in [-0.3, -0.25) is 9.48 Å². The van der Waals surface area contributed by atoms with Crippen LogP contribution in [0, 0.1) is 0 Å². The van der Waals surface area contributed by atoms with Gasteiger partial charge in [0, 0.05) is 31.9 Å². The fourth-order valence-electron chi connectivity index (χ4n) is 1.60. The highest BCUT2D eigenvalue weighted by Gasteiger charge is 2.08. The molecule has 0 amide bonds. The Bertz CT molecular complexity index is 533. The molecule has 0 N–H and O–H groups in total. The van der Waals surface area contributed by atoms with Gasteiger partial charge in [0.25, 0.3) is 0 Å². The molecule has 18 heavy (non-hydrogen) atoms. The van der Waals surface area contributed by atoms with Gasteiger partial charge in [-0.15, -0.1) is 5.10 Å². The minimum absolute atomic E-state index is 0.0856. The van der Waals surface area contributed by atoms with Crippen molar-refractivity contribution in [3.63, 3.8) is 0 Å². The minimum atomic E-state index is 0.0856. The summed E-state index contributed by atoms with van der Waals surface area (Å²) in [6.45, 7) is 0. The van der Waals surface area contributed by atoms with Gasteiger partial charge in [0.2, 0.25) is 5.88 Å². The highest BCUT2D eigenvalue weighted by molar-refractivity contribution is 5.82. The molecule has 0 bridgehead atoms. The van der Waals surface area contributed by atoms with Gasteiger partial charge in [-0.2, -0.15) is 0 Å². The molecule has 0 spiro atoms. The van der Waals surface area contributed by atoms with E-state index in [4.69, 9.17) is 4.74 Å². The molecule has 0 aliphatic rings. The van der Waals surface area contributed by atoms with E-state index in [1.807, 2.05) is 6.07 Å². The van der Waals surface area contributed by atoms with E-state index < -0.39 is 0 Å². The van der Waals surface area contributed by atoms with Crippen molar-refractivity contribution < 1.29 is 9.53 Å². The molecule has 0 aliphatic heterocycles. The number of pyridine rings is 1. The van der Waals surface area contributed by atoms with Crippen molar-refractivity contribution in [2.45, 2.75) is 12.8 Å². The van der Waals surface area contributed by atoms with Crippen LogP contribution in [0.25, 0.3) is 0 Å². The fourth-order valence-corrected chi connectivity index (χ4v) is 1.60. The van der Waals surface area contributed by atoms with Crippen LogP contribution in [0.5, 0.6) is 5.88 Å². The number of carbonyl (C=O) groups is 1. The number of rotatable bonds is 5. The molecule has 0 fully saturated rings. The molecule has 2 aromatic heterocycles. The van der Waals surface area contributed by atoms with Crippen LogP contribution < -0.4 is 4.74 Å². The Morgan fingerprint density at radius 3 is 2.78 bits per heavy atom. The molecule has 0 saturated carbocycles. The lowest BCUT2D eigenvalue weighted by atomic mass is 10.1. The van der Waals surface area contributed by atoms with Crippen molar-refractivity contribution in [3.8, 4) is 5.88 Å². The molecule has 6 heteroatoms. The fraction of sp³-hybridized carbons (Fsp3) is 0.333. The lowest BCUT2D eigenvalue weighted by Gasteiger charge is -2.01. The summed E-state index contributed by atoms with van der Waals surface area (Å²) in [6, 6.07) is 3.57. The molecular weight excluding hydrogens is 232 g/mol. The first-order valence-corrected chi connectivity index (χ1v) is 5.53. The van der Waals surface area contributed by atoms with Gasteiger partial charge >= 0.3 is 0 Å². The van der Waals surface area contributed by atoms with Gasteiger partial charge < -0.3 is 4.74 Å². The molecule has 2 rings (SSSR count). The first-order valence-electron chi connectivity index (χ1n) is 5.53. The summed E-state index contributed by atoms with van der Waals surface area (Å²) < 4.78 is 6.54. The van der Waals surface area contributed by atoms with Crippen LogP contribution in [0.15, 0.2) is 24.5 Å². The van der Waals surface area contributed by atoms with E-state index in [-0.39, 0.29) is 5.78 Å². The number of carbonyl (C=O) groups excluding carboxylic acids is 1. The molecule has 0 saturated heterocycles. The molecule has 6 nitrogen and oxygen atoms in total. The van der Waals surface area contributed by atoms with E-state index in [9.17, 15) is 4.79 Å². The number of Topliss-reactive ketones (excluding diaryl/α,β-unsaturated/α-hetero) is 1. The van der Waals surface area contributed by atoms with Crippen molar-refractivity contribution >= 4 is 5.78 Å². The molecule has 0 atom stereocenters. The molecule has 0 aliphatic carbocycles. The monoisotopic (exact) mass is 246 g/mol. The average molecular weight is 246 g/mol. The topological polar surface area (TPSA) is 69.9 Å². The van der Waals surface area contributed by atoms with Crippen molar-refractivity contribution in [3.05, 3.63) is 35.8 Å². The third kappa shape index (κ3) is 3.13. The van der Waals surface area contributed by atoms with Gasteiger partial charge in [-0.1, -0.05) is 11.3 Å². The first-order chi connectivity index (χ1) is 8.67. The summed E-state index contributed by atoms with van der Waals surface area (Å²) >= 11 is 0. The Morgan fingerprint density at radius 1 is 1.39 bits per heavy atom. The van der Waals surface area contributed by atoms with E-state index in [1.54, 1.807) is 37.3 Å². The van der Waals surface area contributed by atoms with Gasteiger partial charge in [0.05, 0.1) is 19.2 Å². The maximum Gasteiger partial charge on any atom is 0.212 e. The number of aromatic nitrogens is 4. The van der Waals surface area contributed by atoms with E-state index in [1.165, 1.54) is 0 Å². The SMILES string of the molecule is COc1ccc(CC(=O)Cc2cn(C)nn2)cn1. The zero-order chi connectivity index (χ0) is 13.0. The predicted octanol–water partition coefficient (Wildman–Crippen LogP) is 0.573. The minimum Gasteiger partial charge on any atom is -0.481 e. The predicted molar refractivity (Wildman–Crippen MR) is 64.2 cm³/mol. The Hall–Kier alpha value is -2.24. The summed E-state index contributed by atoms with van der Waals surface area (Å²) in [5.74, 6) is 0.627. The van der Waals surface area contributed by atoms with Crippen LogP contribution in [0.3, 0.4) is 0 Å². The molecule has 2 aromatic rings. The maximum atomic E-state index is 11.8. The number of aryl methyl sites for hydroxylation is 1. The van der Waals surface area contributed by atoms with Gasteiger partial charge in [-0.25, -0.2) is 4.98 Å². The van der Waals surface area contributed by atoms with Crippen LogP contribution in [0.4, 0.5) is 0 Å². The van der Waals surface area contributed by atoms with E-state index in [0.29, 0.717) is 24.4 Å². The summed E-state index contributed by atoms with van der Waals surface area (Å²) in [4.78, 5) is 15.9. The summed E-state index contributed by atoms with van der Waals surface area (Å²) in [7, 11) is 3.33. The highest BCUT2D eigenvalue weighted by atomic mass is 16.5. The van der Waals surface area contributed by atoms with Crippen molar-refractivity contribution in [1.82, 2.24) is 20.0 Å². The van der Waals surface area contributed by atoms with Crippen molar-refractivity contribution in [2.75, 3.05) is 7.11 Å². The number of ether oxygens (including phenoxy) is 1. The first kappa shape index (κ1) is 12.2. The normalized spacial score (nSPS) is 10.3. The second kappa shape index (κ2) is 5.39. The number of hydrogen-bond donors (Lipinski definition) is 0.